The maximum atomic E-state index is 11.5. The summed E-state index contributed by atoms with van der Waals surface area (Å²) in [5.74, 6) is -0.460. The third-order valence-electron chi connectivity index (χ3n) is 2.11. The van der Waals surface area contributed by atoms with Crippen molar-refractivity contribution in [2.75, 3.05) is 20.1 Å². The molecule has 0 aliphatic heterocycles. The first-order valence-electron chi connectivity index (χ1n) is 5.53. The summed E-state index contributed by atoms with van der Waals surface area (Å²) in [7, 11) is 1.73. The van der Waals surface area contributed by atoms with E-state index in [0.29, 0.717) is 19.0 Å². The number of rotatable bonds is 6. The van der Waals surface area contributed by atoms with E-state index >= 15 is 0 Å². The molecule has 0 fully saturated rings. The van der Waals surface area contributed by atoms with E-state index < -0.39 is 5.97 Å². The van der Waals surface area contributed by atoms with Crippen LogP contribution in [0.25, 0.3) is 0 Å². The fraction of sp³-hybridized carbons (Fsp3) is 0.818. The van der Waals surface area contributed by atoms with Crippen molar-refractivity contribution in [1.82, 2.24) is 10.2 Å². The van der Waals surface area contributed by atoms with Crippen LogP contribution in [0.15, 0.2) is 0 Å². The van der Waals surface area contributed by atoms with Crippen LogP contribution in [0.5, 0.6) is 0 Å². The highest BCUT2D eigenvalue weighted by Gasteiger charge is 2.12. The number of nitrogens with one attached hydrogen (secondary N) is 1. The first kappa shape index (κ1) is 14.7. The van der Waals surface area contributed by atoms with Gasteiger partial charge in [-0.15, -0.1) is 0 Å². The van der Waals surface area contributed by atoms with E-state index in [1.807, 2.05) is 13.8 Å². The minimum Gasteiger partial charge on any atom is -0.481 e. The van der Waals surface area contributed by atoms with E-state index in [1.54, 1.807) is 18.9 Å². The number of hydrogen-bond donors (Lipinski definition) is 2. The zero-order valence-corrected chi connectivity index (χ0v) is 10.5. The Balaban J connectivity index is 3.83. The minimum atomic E-state index is -0.836. The summed E-state index contributed by atoms with van der Waals surface area (Å²) < 4.78 is 0. The van der Waals surface area contributed by atoms with E-state index in [2.05, 4.69) is 5.32 Å². The number of hydrogen-bond acceptors (Lipinski definition) is 2. The zero-order valence-electron chi connectivity index (χ0n) is 10.5. The van der Waals surface area contributed by atoms with E-state index in [1.165, 1.54) is 0 Å². The quantitative estimate of drug-likeness (QED) is 0.724. The van der Waals surface area contributed by atoms with Crippen LogP contribution in [0.2, 0.25) is 0 Å². The molecule has 0 aromatic heterocycles. The van der Waals surface area contributed by atoms with Gasteiger partial charge in [-0.2, -0.15) is 0 Å². The van der Waals surface area contributed by atoms with Crippen LogP contribution in [0.4, 0.5) is 4.79 Å². The lowest BCUT2D eigenvalue weighted by atomic mass is 10.1. The van der Waals surface area contributed by atoms with Gasteiger partial charge in [-0.05, 0) is 11.8 Å². The standard InChI is InChI=1S/C11H22N2O3/c1-8(2)7-13(4)11(16)12-6-9(3)5-10(14)15/h8-9H,5-7H2,1-4H3,(H,12,16)(H,14,15). The molecule has 2 amide bonds. The predicted octanol–water partition coefficient (Wildman–Crippen LogP) is 1.39. The van der Waals surface area contributed by atoms with Gasteiger partial charge in [0, 0.05) is 26.6 Å². The molecule has 0 saturated carbocycles. The van der Waals surface area contributed by atoms with Crippen molar-refractivity contribution in [3.63, 3.8) is 0 Å². The molecular weight excluding hydrogens is 208 g/mol. The summed E-state index contributed by atoms with van der Waals surface area (Å²) in [6, 6.07) is -0.147. The Hall–Kier alpha value is -1.26. The second-order valence-electron chi connectivity index (χ2n) is 4.66. The van der Waals surface area contributed by atoms with Gasteiger partial charge in [0.15, 0.2) is 0 Å². The lowest BCUT2D eigenvalue weighted by Gasteiger charge is -2.21. The normalized spacial score (nSPS) is 12.3. The first-order valence-corrected chi connectivity index (χ1v) is 5.53. The van der Waals surface area contributed by atoms with Crippen molar-refractivity contribution < 1.29 is 14.7 Å². The molecule has 2 N–H and O–H groups in total. The molecule has 0 rings (SSSR count). The summed E-state index contributed by atoms with van der Waals surface area (Å²) in [5.41, 5.74) is 0. The van der Waals surface area contributed by atoms with E-state index in [4.69, 9.17) is 5.11 Å². The molecule has 5 heteroatoms. The monoisotopic (exact) mass is 230 g/mol. The maximum absolute atomic E-state index is 11.5. The summed E-state index contributed by atoms with van der Waals surface area (Å²) in [6.07, 6.45) is 0.0776. The molecule has 0 aromatic carbocycles. The van der Waals surface area contributed by atoms with Crippen LogP contribution in [-0.4, -0.2) is 42.1 Å². The van der Waals surface area contributed by atoms with Gasteiger partial charge >= 0.3 is 12.0 Å². The van der Waals surface area contributed by atoms with Crippen molar-refractivity contribution in [1.29, 1.82) is 0 Å². The number of nitrogens with zero attached hydrogens (tertiary/aromatic N) is 1. The van der Waals surface area contributed by atoms with E-state index in [-0.39, 0.29) is 18.4 Å². The van der Waals surface area contributed by atoms with Crippen molar-refractivity contribution in [2.45, 2.75) is 27.2 Å². The van der Waals surface area contributed by atoms with Crippen molar-refractivity contribution in [3.05, 3.63) is 0 Å². The number of urea groups is 1. The molecule has 0 aliphatic carbocycles. The van der Waals surface area contributed by atoms with Crippen LogP contribution in [0, 0.1) is 11.8 Å². The van der Waals surface area contributed by atoms with Crippen molar-refractivity contribution in [3.8, 4) is 0 Å². The smallest absolute Gasteiger partial charge is 0.317 e. The molecule has 0 aliphatic rings. The highest BCUT2D eigenvalue weighted by atomic mass is 16.4. The van der Waals surface area contributed by atoms with E-state index in [0.717, 1.165) is 0 Å². The highest BCUT2D eigenvalue weighted by Crippen LogP contribution is 2.00. The Labute approximate surface area is 96.8 Å². The van der Waals surface area contributed by atoms with E-state index in [9.17, 15) is 9.59 Å². The lowest BCUT2D eigenvalue weighted by Crippen LogP contribution is -2.41. The highest BCUT2D eigenvalue weighted by molar-refractivity contribution is 5.74. The summed E-state index contributed by atoms with van der Waals surface area (Å²) in [4.78, 5) is 23.6. The fourth-order valence-electron chi connectivity index (χ4n) is 1.40. The number of amides is 2. The van der Waals surface area contributed by atoms with Gasteiger partial charge in [0.2, 0.25) is 0 Å². The van der Waals surface area contributed by atoms with Gasteiger partial charge in [0.05, 0.1) is 0 Å². The Kier molecular flexibility index (Phi) is 6.53. The average Bonchev–Trinajstić information content (AvgIpc) is 2.11. The molecular formula is C11H22N2O3. The molecule has 0 spiro atoms. The fourth-order valence-corrected chi connectivity index (χ4v) is 1.40. The van der Waals surface area contributed by atoms with Crippen LogP contribution in [0.1, 0.15) is 27.2 Å². The zero-order chi connectivity index (χ0) is 12.7. The molecule has 0 radical (unpaired) electrons. The SMILES string of the molecule is CC(C)CN(C)C(=O)NCC(C)CC(=O)O. The Morgan fingerprint density at radius 1 is 1.31 bits per heavy atom. The maximum Gasteiger partial charge on any atom is 0.317 e. The van der Waals surface area contributed by atoms with Crippen molar-refractivity contribution in [2.24, 2.45) is 11.8 Å². The third-order valence-corrected chi connectivity index (χ3v) is 2.11. The van der Waals surface area contributed by atoms with Crippen LogP contribution in [0.3, 0.4) is 0 Å². The van der Waals surface area contributed by atoms with Gasteiger partial charge in [-0.1, -0.05) is 20.8 Å². The van der Waals surface area contributed by atoms with Gasteiger partial charge in [-0.25, -0.2) is 4.79 Å². The molecule has 5 nitrogen and oxygen atoms in total. The largest absolute Gasteiger partial charge is 0.481 e. The number of carboxylic acid groups (broad SMARTS) is 1. The van der Waals surface area contributed by atoms with Gasteiger partial charge in [0.25, 0.3) is 0 Å². The molecule has 0 bridgehead atoms. The second-order valence-corrected chi connectivity index (χ2v) is 4.66. The lowest BCUT2D eigenvalue weighted by molar-refractivity contribution is -0.137. The van der Waals surface area contributed by atoms with Crippen LogP contribution < -0.4 is 5.32 Å². The summed E-state index contributed by atoms with van der Waals surface area (Å²) in [6.45, 7) is 6.97. The molecule has 94 valence electrons. The van der Waals surface area contributed by atoms with Crippen LogP contribution >= 0.6 is 0 Å². The van der Waals surface area contributed by atoms with Gasteiger partial charge in [0.1, 0.15) is 0 Å². The summed E-state index contributed by atoms with van der Waals surface area (Å²) in [5, 5.41) is 11.3. The van der Waals surface area contributed by atoms with Gasteiger partial charge < -0.3 is 15.3 Å². The third kappa shape index (κ3) is 7.09. The van der Waals surface area contributed by atoms with Crippen LogP contribution in [-0.2, 0) is 4.79 Å². The number of aliphatic carboxylic acids is 1. The summed E-state index contributed by atoms with van der Waals surface area (Å²) >= 11 is 0. The molecule has 1 atom stereocenters. The average molecular weight is 230 g/mol. The Morgan fingerprint density at radius 2 is 1.88 bits per heavy atom. The predicted molar refractivity (Wildman–Crippen MR) is 62.3 cm³/mol. The van der Waals surface area contributed by atoms with Gasteiger partial charge in [-0.3, -0.25) is 4.79 Å². The first-order chi connectivity index (χ1) is 7.32. The molecule has 0 saturated heterocycles. The second kappa shape index (κ2) is 7.09. The topological polar surface area (TPSA) is 69.6 Å². The molecule has 1 unspecified atom stereocenters. The van der Waals surface area contributed by atoms with Crippen molar-refractivity contribution >= 4 is 12.0 Å². The Morgan fingerprint density at radius 3 is 2.31 bits per heavy atom. The Bertz CT molecular complexity index is 241. The minimum absolute atomic E-state index is 0.0473. The number of carbonyl (C=O) groups is 2. The number of carboxylic acids is 1. The molecule has 0 heterocycles. The molecule has 16 heavy (non-hydrogen) atoms. The number of carbonyl (C=O) groups excluding carboxylic acids is 1. The molecule has 0 aromatic rings.